The monoisotopic (exact) mass is 488 g/mol. The van der Waals surface area contributed by atoms with E-state index in [-0.39, 0.29) is 13.0 Å². The Morgan fingerprint density at radius 1 is 1.11 bits per heavy atom. The van der Waals surface area contributed by atoms with Crippen molar-refractivity contribution in [2.24, 2.45) is 5.73 Å². The molecule has 0 saturated heterocycles. The van der Waals surface area contributed by atoms with E-state index in [9.17, 15) is 9.90 Å². The van der Waals surface area contributed by atoms with Gasteiger partial charge in [-0.15, -0.1) is 0 Å². The molecule has 0 fully saturated rings. The molecule has 4 N–H and O–H groups in total. The number of anilines is 1. The molecule has 3 rings (SSSR count). The van der Waals surface area contributed by atoms with Crippen molar-refractivity contribution in [1.82, 2.24) is 0 Å². The van der Waals surface area contributed by atoms with Crippen molar-refractivity contribution < 1.29 is 19.4 Å². The second-order valence-electron chi connectivity index (χ2n) is 8.67. The summed E-state index contributed by atoms with van der Waals surface area (Å²) < 4.78 is 11.5. The van der Waals surface area contributed by atoms with Crippen LogP contribution in [0, 0.1) is 6.92 Å². The molecule has 190 valence electrons. The van der Waals surface area contributed by atoms with Crippen LogP contribution in [-0.4, -0.2) is 31.3 Å². The minimum absolute atomic E-state index is 0.123. The number of hydrogen-bond acceptors (Lipinski definition) is 5. The molecule has 0 radical (unpaired) electrons. The molecule has 0 atom stereocenters. The summed E-state index contributed by atoms with van der Waals surface area (Å²) >= 11 is 0. The predicted molar refractivity (Wildman–Crippen MR) is 147 cm³/mol. The van der Waals surface area contributed by atoms with E-state index in [1.54, 1.807) is 25.3 Å². The fraction of sp³-hybridized carbons (Fsp3) is 0.300. The van der Waals surface area contributed by atoms with E-state index < -0.39 is 5.97 Å². The number of nitrogens with one attached hydrogen (secondary N) is 1. The summed E-state index contributed by atoms with van der Waals surface area (Å²) in [5.74, 6) is 0.209. The van der Waals surface area contributed by atoms with Crippen LogP contribution in [-0.2, 0) is 17.8 Å². The van der Waals surface area contributed by atoms with E-state index in [0.29, 0.717) is 23.6 Å². The lowest BCUT2D eigenvalue weighted by molar-refractivity contribution is -0.136. The van der Waals surface area contributed by atoms with Gasteiger partial charge in [0.15, 0.2) is 0 Å². The van der Waals surface area contributed by atoms with Gasteiger partial charge in [0.25, 0.3) is 0 Å². The Balaban J connectivity index is 2.00. The lowest BCUT2D eigenvalue weighted by atomic mass is 9.93. The molecule has 0 amide bonds. The molecule has 6 heteroatoms. The van der Waals surface area contributed by atoms with E-state index in [1.165, 1.54) is 0 Å². The first-order chi connectivity index (χ1) is 17.4. The molecule has 0 spiro atoms. The Kier molecular flexibility index (Phi) is 9.53. The summed E-state index contributed by atoms with van der Waals surface area (Å²) in [6, 6.07) is 17.9. The lowest BCUT2D eigenvalue weighted by Gasteiger charge is -2.19. The number of carbonyl (C=O) groups is 1. The van der Waals surface area contributed by atoms with E-state index in [2.05, 4.69) is 43.4 Å². The van der Waals surface area contributed by atoms with Gasteiger partial charge in [-0.3, -0.25) is 4.79 Å². The van der Waals surface area contributed by atoms with Crippen molar-refractivity contribution in [2.45, 2.75) is 40.2 Å². The van der Waals surface area contributed by atoms with Crippen LogP contribution in [0.1, 0.15) is 42.5 Å². The van der Waals surface area contributed by atoms with Crippen LogP contribution >= 0.6 is 0 Å². The first kappa shape index (κ1) is 26.8. The average Bonchev–Trinajstić information content (AvgIpc) is 2.89. The van der Waals surface area contributed by atoms with Gasteiger partial charge in [-0.05, 0) is 77.9 Å². The largest absolute Gasteiger partial charge is 0.497 e. The molecule has 6 nitrogen and oxygen atoms in total. The zero-order valence-electron chi connectivity index (χ0n) is 21.6. The quantitative estimate of drug-likeness (QED) is 0.287. The summed E-state index contributed by atoms with van der Waals surface area (Å²) in [5, 5.41) is 12.9. The topological polar surface area (TPSA) is 93.8 Å². The Bertz CT molecular complexity index is 1230. The third-order valence-corrected chi connectivity index (χ3v) is 6.16. The molecule has 3 aromatic rings. The molecule has 0 heterocycles. The number of carboxylic acid groups (broad SMARTS) is 1. The molecule has 0 aliphatic carbocycles. The van der Waals surface area contributed by atoms with Gasteiger partial charge in [0.1, 0.15) is 18.1 Å². The number of carboxylic acids is 1. The number of ether oxygens (including phenoxy) is 2. The number of hydrogen-bond donors (Lipinski definition) is 3. The summed E-state index contributed by atoms with van der Waals surface area (Å²) in [5.41, 5.74) is 14.1. The number of allylic oxidation sites excluding steroid dienone is 1. The van der Waals surface area contributed by atoms with Gasteiger partial charge >= 0.3 is 5.97 Å². The maximum absolute atomic E-state index is 11.4. The van der Waals surface area contributed by atoms with Crippen LogP contribution in [0.25, 0.3) is 16.7 Å². The Hall–Kier alpha value is -3.77. The number of rotatable bonds is 12. The second kappa shape index (κ2) is 12.8. The highest BCUT2D eigenvalue weighted by Crippen LogP contribution is 2.34. The second-order valence-corrected chi connectivity index (χ2v) is 8.67. The van der Waals surface area contributed by atoms with Crippen LogP contribution in [0.3, 0.4) is 0 Å². The van der Waals surface area contributed by atoms with Gasteiger partial charge in [0, 0.05) is 30.4 Å². The highest BCUT2D eigenvalue weighted by molar-refractivity contribution is 5.81. The summed E-state index contributed by atoms with van der Waals surface area (Å²) in [7, 11) is 1.58. The first-order valence-electron chi connectivity index (χ1n) is 12.2. The fourth-order valence-corrected chi connectivity index (χ4v) is 4.11. The molecular weight excluding hydrogens is 452 g/mol. The van der Waals surface area contributed by atoms with Crippen molar-refractivity contribution in [3.63, 3.8) is 0 Å². The van der Waals surface area contributed by atoms with Crippen molar-refractivity contribution in [1.29, 1.82) is 0 Å². The van der Waals surface area contributed by atoms with Crippen LogP contribution in [0.5, 0.6) is 11.5 Å². The fourth-order valence-electron chi connectivity index (χ4n) is 4.11. The third-order valence-electron chi connectivity index (χ3n) is 6.16. The summed E-state index contributed by atoms with van der Waals surface area (Å²) in [4.78, 5) is 11.4. The molecule has 0 bridgehead atoms. The van der Waals surface area contributed by atoms with Gasteiger partial charge in [0.05, 0.1) is 13.5 Å². The van der Waals surface area contributed by atoms with Gasteiger partial charge in [-0.25, -0.2) is 0 Å². The standard InChI is InChI=1S/C30H36N2O4/c1-5-12-32-28-15-25(23-9-7-8-21(13-23)18-31)14-27(20(28)3)22(6-2)19-36-29-17-26(35-4)11-10-24(29)16-30(33)34/h6-11,13-15,17,32H,5,12,16,18-19,31H2,1-4H3,(H,33,34)/b22-6-. The maximum atomic E-state index is 11.4. The Morgan fingerprint density at radius 3 is 2.58 bits per heavy atom. The molecule has 36 heavy (non-hydrogen) atoms. The number of benzene rings is 3. The number of nitrogens with two attached hydrogens (primary N) is 1. The van der Waals surface area contributed by atoms with E-state index in [0.717, 1.165) is 52.0 Å². The van der Waals surface area contributed by atoms with Crippen LogP contribution in [0.15, 0.2) is 60.7 Å². The van der Waals surface area contributed by atoms with Crippen LogP contribution < -0.4 is 20.5 Å². The molecule has 0 unspecified atom stereocenters. The molecule has 3 aromatic carbocycles. The van der Waals surface area contributed by atoms with Crippen LogP contribution in [0.2, 0.25) is 0 Å². The van der Waals surface area contributed by atoms with E-state index in [4.69, 9.17) is 15.2 Å². The van der Waals surface area contributed by atoms with Gasteiger partial charge in [0.2, 0.25) is 0 Å². The molecule has 0 saturated carbocycles. The summed E-state index contributed by atoms with van der Waals surface area (Å²) in [6.07, 6.45) is 2.94. The number of methoxy groups -OCH3 is 1. The minimum Gasteiger partial charge on any atom is -0.497 e. The molecule has 0 aliphatic rings. The lowest BCUT2D eigenvalue weighted by Crippen LogP contribution is -2.09. The predicted octanol–water partition coefficient (Wildman–Crippen LogP) is 6.06. The van der Waals surface area contributed by atoms with Crippen LogP contribution in [0.4, 0.5) is 5.69 Å². The SMILES string of the molecule is C/C=C(/COc1cc(OC)ccc1CC(=O)O)c1cc(-c2cccc(CN)c2)cc(NCCC)c1C. The van der Waals surface area contributed by atoms with Gasteiger partial charge < -0.3 is 25.6 Å². The molecule has 0 aliphatic heterocycles. The Labute approximate surface area is 213 Å². The van der Waals surface area contributed by atoms with Gasteiger partial charge in [-0.1, -0.05) is 37.3 Å². The zero-order valence-corrected chi connectivity index (χ0v) is 21.6. The first-order valence-corrected chi connectivity index (χ1v) is 12.2. The van der Waals surface area contributed by atoms with E-state index in [1.807, 2.05) is 25.1 Å². The zero-order chi connectivity index (χ0) is 26.1. The summed E-state index contributed by atoms with van der Waals surface area (Å²) in [6.45, 7) is 7.89. The third kappa shape index (κ3) is 6.67. The highest BCUT2D eigenvalue weighted by atomic mass is 16.5. The number of aliphatic carboxylic acids is 1. The average molecular weight is 489 g/mol. The van der Waals surface area contributed by atoms with Crippen molar-refractivity contribution in [3.8, 4) is 22.6 Å². The smallest absolute Gasteiger partial charge is 0.307 e. The van der Waals surface area contributed by atoms with Crippen molar-refractivity contribution in [2.75, 3.05) is 25.6 Å². The molecule has 0 aromatic heterocycles. The van der Waals surface area contributed by atoms with Gasteiger partial charge in [-0.2, -0.15) is 0 Å². The molecular formula is C30H36N2O4. The normalized spacial score (nSPS) is 11.3. The van der Waals surface area contributed by atoms with Crippen molar-refractivity contribution >= 4 is 17.2 Å². The van der Waals surface area contributed by atoms with E-state index >= 15 is 0 Å². The highest BCUT2D eigenvalue weighted by Gasteiger charge is 2.15. The Morgan fingerprint density at radius 2 is 1.92 bits per heavy atom. The maximum Gasteiger partial charge on any atom is 0.307 e. The minimum atomic E-state index is -0.911. The van der Waals surface area contributed by atoms with Crippen molar-refractivity contribution in [3.05, 3.63) is 82.9 Å².